The molecule has 10 heavy (non-hydrogen) atoms. The van der Waals surface area contributed by atoms with Gasteiger partial charge in [0.2, 0.25) is 5.24 Å². The van der Waals surface area contributed by atoms with Crippen molar-refractivity contribution >= 4 is 40.0 Å². The number of carbonyl (C=O) groups is 1. The Bertz CT molecular complexity index is 95.7. The van der Waals surface area contributed by atoms with E-state index >= 15 is 0 Å². The molecule has 0 aliphatic carbocycles. The van der Waals surface area contributed by atoms with E-state index in [-0.39, 0.29) is 16.0 Å². The van der Waals surface area contributed by atoms with E-state index < -0.39 is 0 Å². The second-order valence-corrected chi connectivity index (χ2v) is 3.78. The summed E-state index contributed by atoms with van der Waals surface area (Å²) in [7, 11) is 0. The van der Waals surface area contributed by atoms with Gasteiger partial charge in [0.25, 0.3) is 0 Å². The predicted octanol–water partition coefficient (Wildman–Crippen LogP) is 3.22. The van der Waals surface area contributed by atoms with Crippen LogP contribution in [0.15, 0.2) is 0 Å². The molecule has 0 unspecified atom stereocenters. The lowest BCUT2D eigenvalue weighted by Gasteiger charge is -2.08. The molecule has 0 aromatic heterocycles. The van der Waals surface area contributed by atoms with Crippen molar-refractivity contribution in [2.24, 2.45) is 5.41 Å². The molecule has 0 saturated carbocycles. The molecule has 0 aliphatic heterocycles. The Morgan fingerprint density at radius 2 is 1.40 bits per heavy atom. The smallest absolute Gasteiger partial charge is 0.226 e. The van der Waals surface area contributed by atoms with Crippen molar-refractivity contribution in [1.82, 2.24) is 0 Å². The molecule has 0 rings (SSSR count). The number of rotatable bonds is 0. The van der Waals surface area contributed by atoms with Gasteiger partial charge in [-0.1, -0.05) is 20.8 Å². The molecule has 0 amide bonds. The second-order valence-electron chi connectivity index (χ2n) is 2.62. The molecule has 0 aromatic carbocycles. The molecule has 0 radical (unpaired) electrons. The van der Waals surface area contributed by atoms with Crippen molar-refractivity contribution in [3.8, 4) is 0 Å². The summed E-state index contributed by atoms with van der Waals surface area (Å²) in [5.41, 5.74) is -0.373. The molecule has 0 heterocycles. The summed E-state index contributed by atoms with van der Waals surface area (Å²) in [6.45, 7) is 5.34. The summed E-state index contributed by atoms with van der Waals surface area (Å²) in [4.78, 5) is 10.2. The SMILES string of the molecule is CC(C)(C)C(=O)Cl.ClCCl. The van der Waals surface area contributed by atoms with Gasteiger partial charge in [0.05, 0.1) is 5.34 Å². The van der Waals surface area contributed by atoms with E-state index in [0.29, 0.717) is 0 Å². The van der Waals surface area contributed by atoms with Crippen LogP contribution in [0.25, 0.3) is 0 Å². The Morgan fingerprint density at radius 1 is 1.30 bits per heavy atom. The molecule has 0 fully saturated rings. The largest absolute Gasteiger partial charge is 0.281 e. The van der Waals surface area contributed by atoms with E-state index in [0.717, 1.165) is 0 Å². The third kappa shape index (κ3) is 11.4. The number of hydrogen-bond donors (Lipinski definition) is 0. The highest BCUT2D eigenvalue weighted by Gasteiger charge is 2.17. The van der Waals surface area contributed by atoms with Gasteiger partial charge in [-0.25, -0.2) is 0 Å². The predicted molar refractivity (Wildman–Crippen MR) is 46.9 cm³/mol. The van der Waals surface area contributed by atoms with E-state index in [4.69, 9.17) is 34.8 Å². The van der Waals surface area contributed by atoms with Gasteiger partial charge in [0, 0.05) is 5.41 Å². The molecule has 0 aliphatic rings. The highest BCUT2D eigenvalue weighted by atomic mass is 35.5. The minimum atomic E-state index is -0.373. The highest BCUT2D eigenvalue weighted by molar-refractivity contribution is 6.64. The van der Waals surface area contributed by atoms with Crippen LogP contribution >= 0.6 is 34.8 Å². The normalized spacial score (nSPS) is 9.80. The topological polar surface area (TPSA) is 17.1 Å². The van der Waals surface area contributed by atoms with Crippen molar-refractivity contribution in [3.05, 3.63) is 0 Å². The van der Waals surface area contributed by atoms with Crippen LogP contribution in [-0.2, 0) is 4.79 Å². The van der Waals surface area contributed by atoms with E-state index in [1.165, 1.54) is 0 Å². The quantitative estimate of drug-likeness (QED) is 0.438. The first-order chi connectivity index (χ1) is 4.36. The maximum Gasteiger partial charge on any atom is 0.226 e. The van der Waals surface area contributed by atoms with Gasteiger partial charge in [-0.3, -0.25) is 4.79 Å². The molecule has 0 N–H and O–H groups in total. The number of halogens is 3. The molecule has 4 heteroatoms. The van der Waals surface area contributed by atoms with Gasteiger partial charge in [0.15, 0.2) is 0 Å². The van der Waals surface area contributed by atoms with Gasteiger partial charge in [-0.15, -0.1) is 23.2 Å². The molecule has 0 saturated heterocycles. The first-order valence-electron chi connectivity index (χ1n) is 2.68. The summed E-state index contributed by atoms with van der Waals surface area (Å²) in [5, 5.41) is -0.0903. The minimum absolute atomic E-state index is 0.194. The summed E-state index contributed by atoms with van der Waals surface area (Å²) >= 11 is 14.6. The summed E-state index contributed by atoms with van der Waals surface area (Å²) in [6.07, 6.45) is 0. The minimum Gasteiger partial charge on any atom is -0.281 e. The fourth-order valence-corrected chi connectivity index (χ4v) is 0. The van der Waals surface area contributed by atoms with Crippen LogP contribution in [0.3, 0.4) is 0 Å². The fourth-order valence-electron chi connectivity index (χ4n) is 0. The van der Waals surface area contributed by atoms with Gasteiger partial charge in [0.1, 0.15) is 0 Å². The molecule has 0 atom stereocenters. The van der Waals surface area contributed by atoms with E-state index in [1.807, 2.05) is 0 Å². The fraction of sp³-hybridized carbons (Fsp3) is 0.833. The second kappa shape index (κ2) is 6.26. The Hall–Kier alpha value is 0.540. The zero-order valence-corrected chi connectivity index (χ0v) is 8.52. The third-order valence-corrected chi connectivity index (χ3v) is 1.16. The van der Waals surface area contributed by atoms with Crippen LogP contribution in [0, 0.1) is 5.41 Å². The number of alkyl halides is 2. The van der Waals surface area contributed by atoms with Crippen molar-refractivity contribution in [3.63, 3.8) is 0 Å². The van der Waals surface area contributed by atoms with E-state index in [1.54, 1.807) is 20.8 Å². The van der Waals surface area contributed by atoms with Crippen LogP contribution < -0.4 is 0 Å². The zero-order chi connectivity index (χ0) is 8.78. The van der Waals surface area contributed by atoms with E-state index in [9.17, 15) is 4.79 Å². The Labute approximate surface area is 76.6 Å². The molecule has 1 nitrogen and oxygen atoms in total. The lowest BCUT2D eigenvalue weighted by molar-refractivity contribution is -0.118. The van der Waals surface area contributed by atoms with Crippen LogP contribution in [0.1, 0.15) is 20.8 Å². The zero-order valence-electron chi connectivity index (χ0n) is 6.25. The van der Waals surface area contributed by atoms with Gasteiger partial charge in [-0.05, 0) is 11.6 Å². The molecular formula is C6H11Cl3O. The standard InChI is InChI=1S/C5H9ClO.CH2Cl2/c1-5(2,3)4(6)7;2-1-3/h1-3H3;1H2. The van der Waals surface area contributed by atoms with Gasteiger partial charge < -0.3 is 0 Å². The monoisotopic (exact) mass is 204 g/mol. The Morgan fingerprint density at radius 3 is 1.40 bits per heavy atom. The van der Waals surface area contributed by atoms with Gasteiger partial charge >= 0.3 is 0 Å². The summed E-state index contributed by atoms with van der Waals surface area (Å²) in [6, 6.07) is 0. The van der Waals surface area contributed by atoms with Crippen molar-refractivity contribution in [1.29, 1.82) is 0 Å². The molecule has 0 aromatic rings. The molecule has 62 valence electrons. The first-order valence-corrected chi connectivity index (χ1v) is 4.12. The van der Waals surface area contributed by atoms with Crippen LogP contribution in [0.2, 0.25) is 0 Å². The molecular weight excluding hydrogens is 194 g/mol. The Kier molecular flexibility index (Phi) is 8.24. The molecule has 0 bridgehead atoms. The van der Waals surface area contributed by atoms with Crippen molar-refractivity contribution in [2.75, 3.05) is 5.34 Å². The summed E-state index contributed by atoms with van der Waals surface area (Å²) < 4.78 is 0. The third-order valence-electron chi connectivity index (χ3n) is 0.590. The highest BCUT2D eigenvalue weighted by Crippen LogP contribution is 2.15. The first kappa shape index (κ1) is 13.2. The van der Waals surface area contributed by atoms with Gasteiger partial charge in [-0.2, -0.15) is 0 Å². The lowest BCUT2D eigenvalue weighted by Crippen LogP contribution is -2.13. The van der Waals surface area contributed by atoms with Crippen molar-refractivity contribution in [2.45, 2.75) is 20.8 Å². The lowest BCUT2D eigenvalue weighted by atomic mass is 10.00. The Balaban J connectivity index is 0. The average molecular weight is 206 g/mol. The average Bonchev–Trinajstić information content (AvgIpc) is 1.64. The molecule has 0 spiro atoms. The van der Waals surface area contributed by atoms with Crippen LogP contribution in [0.5, 0.6) is 0 Å². The van der Waals surface area contributed by atoms with Crippen molar-refractivity contribution < 1.29 is 4.79 Å². The van der Waals surface area contributed by atoms with E-state index in [2.05, 4.69) is 0 Å². The van der Waals surface area contributed by atoms with Crippen LogP contribution in [-0.4, -0.2) is 10.6 Å². The maximum atomic E-state index is 10.2. The maximum absolute atomic E-state index is 10.2. The number of carbonyl (C=O) groups excluding carboxylic acids is 1. The number of hydrogen-bond acceptors (Lipinski definition) is 1. The van der Waals surface area contributed by atoms with Crippen LogP contribution in [0.4, 0.5) is 0 Å². The summed E-state index contributed by atoms with van der Waals surface area (Å²) in [5.74, 6) is 0.